The van der Waals surface area contributed by atoms with Gasteiger partial charge in [-0.1, -0.05) is 0 Å². The van der Waals surface area contributed by atoms with E-state index < -0.39 is 0 Å². The quantitative estimate of drug-likeness (QED) is 0.360. The summed E-state index contributed by atoms with van der Waals surface area (Å²) in [5, 5.41) is 0. The molecule has 1 aromatic rings. The maximum absolute atomic E-state index is 5.42. The van der Waals surface area contributed by atoms with E-state index in [1.807, 2.05) is 12.1 Å². The summed E-state index contributed by atoms with van der Waals surface area (Å²) in [6.07, 6.45) is 0. The number of benzene rings is 1. The number of hydrogen-bond acceptors (Lipinski definition) is 1. The Balaban J connectivity index is 3.10. The number of hydrogen-bond donors (Lipinski definition) is 1. The molecule has 0 amide bonds. The summed E-state index contributed by atoms with van der Waals surface area (Å²) in [4.78, 5) is 4.13. The van der Waals surface area contributed by atoms with Crippen LogP contribution in [0.1, 0.15) is 5.56 Å². The van der Waals surface area contributed by atoms with E-state index in [1.54, 1.807) is 0 Å². The molecule has 0 fully saturated rings. The molecule has 0 atom stereocenters. The fourth-order valence-electron chi connectivity index (χ4n) is 0.821. The van der Waals surface area contributed by atoms with Gasteiger partial charge in [0.15, 0.2) is 0 Å². The van der Waals surface area contributed by atoms with E-state index in [-0.39, 0.29) is 0 Å². The normalized spacial score (nSPS) is 11.7. The van der Waals surface area contributed by atoms with Crippen LogP contribution in [0, 0.1) is 10.5 Å². The Morgan fingerprint density at radius 3 is 2.75 bits per heavy atom. The first kappa shape index (κ1) is 10.0. The van der Waals surface area contributed by atoms with Gasteiger partial charge in [-0.3, -0.25) is 0 Å². The molecule has 0 spiro atoms. The molecule has 12 heavy (non-hydrogen) atoms. The van der Waals surface area contributed by atoms with Crippen molar-refractivity contribution in [2.24, 2.45) is 10.7 Å². The SMILES string of the molecule is Cc1ccc(N=C(N)[Se])c(I)c1. The van der Waals surface area contributed by atoms with Gasteiger partial charge in [-0.05, 0) is 0 Å². The predicted molar refractivity (Wildman–Crippen MR) is 60.9 cm³/mol. The van der Waals surface area contributed by atoms with Gasteiger partial charge in [0, 0.05) is 0 Å². The monoisotopic (exact) mass is 339 g/mol. The van der Waals surface area contributed by atoms with Gasteiger partial charge >= 0.3 is 94.0 Å². The molecule has 1 aromatic carbocycles. The van der Waals surface area contributed by atoms with Crippen LogP contribution < -0.4 is 5.73 Å². The van der Waals surface area contributed by atoms with Gasteiger partial charge < -0.3 is 0 Å². The van der Waals surface area contributed by atoms with Crippen LogP contribution in [0.15, 0.2) is 23.2 Å². The van der Waals surface area contributed by atoms with Crippen LogP contribution in [-0.2, 0) is 0 Å². The van der Waals surface area contributed by atoms with E-state index in [0.29, 0.717) is 4.73 Å². The molecule has 2 N–H and O–H groups in total. The van der Waals surface area contributed by atoms with E-state index in [1.165, 1.54) is 5.56 Å². The van der Waals surface area contributed by atoms with E-state index in [9.17, 15) is 0 Å². The zero-order chi connectivity index (χ0) is 9.14. The number of nitrogens with two attached hydrogens (primary N) is 1. The van der Waals surface area contributed by atoms with Crippen molar-refractivity contribution >= 4 is 49.0 Å². The van der Waals surface area contributed by atoms with Gasteiger partial charge in [0.2, 0.25) is 0 Å². The molecular formula is C8H8IN2Se. The molecule has 1 radical (unpaired) electrons. The molecule has 0 aliphatic rings. The van der Waals surface area contributed by atoms with Crippen LogP contribution in [0.4, 0.5) is 5.69 Å². The van der Waals surface area contributed by atoms with Gasteiger partial charge in [0.1, 0.15) is 0 Å². The molecule has 0 heterocycles. The van der Waals surface area contributed by atoms with Gasteiger partial charge in [0.25, 0.3) is 0 Å². The zero-order valence-corrected chi connectivity index (χ0v) is 10.4. The van der Waals surface area contributed by atoms with Crippen LogP contribution in [0.5, 0.6) is 0 Å². The molecule has 0 aromatic heterocycles. The minimum atomic E-state index is 0.469. The Morgan fingerprint density at radius 1 is 1.58 bits per heavy atom. The van der Waals surface area contributed by atoms with E-state index in [4.69, 9.17) is 5.73 Å². The van der Waals surface area contributed by atoms with Crippen molar-refractivity contribution in [2.45, 2.75) is 6.92 Å². The molecular weight excluding hydrogens is 330 g/mol. The fraction of sp³-hybridized carbons (Fsp3) is 0.125. The van der Waals surface area contributed by atoms with Crippen molar-refractivity contribution in [1.29, 1.82) is 0 Å². The third kappa shape index (κ3) is 2.77. The van der Waals surface area contributed by atoms with Crippen molar-refractivity contribution in [2.75, 3.05) is 0 Å². The van der Waals surface area contributed by atoms with Gasteiger partial charge in [0.05, 0.1) is 0 Å². The first-order valence-corrected chi connectivity index (χ1v) is 5.30. The van der Waals surface area contributed by atoms with Crippen molar-refractivity contribution in [3.05, 3.63) is 27.3 Å². The first-order valence-electron chi connectivity index (χ1n) is 3.37. The average Bonchev–Trinajstić information content (AvgIpc) is 1.94. The van der Waals surface area contributed by atoms with Crippen LogP contribution in [0.2, 0.25) is 0 Å². The Hall–Kier alpha value is -0.0605. The number of rotatable bonds is 1. The van der Waals surface area contributed by atoms with E-state index >= 15 is 0 Å². The molecule has 0 bridgehead atoms. The van der Waals surface area contributed by atoms with Crippen molar-refractivity contribution in [3.8, 4) is 0 Å². The van der Waals surface area contributed by atoms with Crippen molar-refractivity contribution in [3.63, 3.8) is 0 Å². The summed E-state index contributed by atoms with van der Waals surface area (Å²) in [6, 6.07) is 6.05. The van der Waals surface area contributed by atoms with Crippen LogP contribution in [-0.4, -0.2) is 20.7 Å². The second kappa shape index (κ2) is 4.25. The summed E-state index contributed by atoms with van der Waals surface area (Å²) < 4.78 is 1.59. The summed E-state index contributed by atoms with van der Waals surface area (Å²) in [6.45, 7) is 2.05. The summed E-state index contributed by atoms with van der Waals surface area (Å²) in [5.41, 5.74) is 7.57. The number of amidine groups is 1. The molecule has 0 aliphatic heterocycles. The Morgan fingerprint density at radius 2 is 2.25 bits per heavy atom. The van der Waals surface area contributed by atoms with Crippen molar-refractivity contribution < 1.29 is 0 Å². The average molecular weight is 338 g/mol. The zero-order valence-electron chi connectivity index (χ0n) is 6.54. The van der Waals surface area contributed by atoms with E-state index in [0.717, 1.165) is 9.26 Å². The Kier molecular flexibility index (Phi) is 3.55. The van der Waals surface area contributed by atoms with Gasteiger partial charge in [-0.2, -0.15) is 0 Å². The Labute approximate surface area is 93.6 Å². The third-order valence-corrected chi connectivity index (χ3v) is 2.39. The number of nitrogens with zero attached hydrogens (tertiary/aromatic N) is 1. The molecule has 0 saturated carbocycles. The predicted octanol–water partition coefficient (Wildman–Crippen LogP) is 1.71. The standard InChI is InChI=1S/C8H8IN2Se/c1-5-2-3-7(6(9)4-5)11-8(10)12/h2-4H,1H3,(H2,10,11). The number of aliphatic imine (C=N–C) groups is 1. The topological polar surface area (TPSA) is 38.4 Å². The molecule has 0 aliphatic carbocycles. The van der Waals surface area contributed by atoms with Crippen LogP contribution >= 0.6 is 22.6 Å². The molecule has 2 nitrogen and oxygen atoms in total. The molecule has 0 saturated heterocycles. The third-order valence-electron chi connectivity index (χ3n) is 1.33. The van der Waals surface area contributed by atoms with Gasteiger partial charge in [-0.25, -0.2) is 0 Å². The van der Waals surface area contributed by atoms with E-state index in [2.05, 4.69) is 56.6 Å². The number of halogens is 1. The van der Waals surface area contributed by atoms with Gasteiger partial charge in [-0.15, -0.1) is 0 Å². The summed E-state index contributed by atoms with van der Waals surface area (Å²) in [5.74, 6) is 0. The molecule has 0 unspecified atom stereocenters. The van der Waals surface area contributed by atoms with Crippen LogP contribution in [0.25, 0.3) is 0 Å². The minimum absolute atomic E-state index is 0.469. The summed E-state index contributed by atoms with van der Waals surface area (Å²) in [7, 11) is 0. The number of aryl methyl sites for hydroxylation is 1. The maximum atomic E-state index is 5.42. The summed E-state index contributed by atoms with van der Waals surface area (Å²) >= 11 is 4.90. The first-order chi connectivity index (χ1) is 5.59. The molecule has 63 valence electrons. The van der Waals surface area contributed by atoms with Crippen molar-refractivity contribution in [1.82, 2.24) is 0 Å². The fourth-order valence-corrected chi connectivity index (χ4v) is 1.82. The second-order valence-electron chi connectivity index (χ2n) is 2.40. The molecule has 1 rings (SSSR count). The Bertz CT molecular complexity index is 319. The molecule has 4 heteroatoms. The van der Waals surface area contributed by atoms with Crippen LogP contribution in [0.3, 0.4) is 0 Å². The second-order valence-corrected chi connectivity index (χ2v) is 4.44.